The van der Waals surface area contributed by atoms with E-state index in [1.807, 2.05) is 22.7 Å². The molecule has 1 aliphatic heterocycles. The molecule has 112 valence electrons. The number of imidazole rings is 1. The van der Waals surface area contributed by atoms with Crippen molar-refractivity contribution >= 4 is 11.6 Å². The van der Waals surface area contributed by atoms with Crippen LogP contribution in [-0.2, 0) is 4.74 Å². The van der Waals surface area contributed by atoms with Gasteiger partial charge >= 0.3 is 5.97 Å². The number of esters is 1. The van der Waals surface area contributed by atoms with Gasteiger partial charge in [-0.05, 0) is 38.1 Å². The van der Waals surface area contributed by atoms with Gasteiger partial charge in [0.15, 0.2) is 0 Å². The second-order valence-corrected chi connectivity index (χ2v) is 5.44. The monoisotopic (exact) mass is 287 g/mol. The smallest absolute Gasteiger partial charge is 0.355 e. The zero-order valence-electron chi connectivity index (χ0n) is 12.6. The molecule has 1 saturated heterocycles. The highest BCUT2D eigenvalue weighted by Crippen LogP contribution is 2.30. The Hall–Kier alpha value is -1.88. The molecule has 0 aliphatic carbocycles. The summed E-state index contributed by atoms with van der Waals surface area (Å²) < 4.78 is 6.68. The van der Waals surface area contributed by atoms with Crippen LogP contribution in [0.3, 0.4) is 0 Å². The molecule has 0 radical (unpaired) electrons. The molecule has 5 nitrogen and oxygen atoms in total. The van der Waals surface area contributed by atoms with Crippen molar-refractivity contribution < 1.29 is 9.53 Å². The summed E-state index contributed by atoms with van der Waals surface area (Å²) in [6, 6.07) is 5.89. The summed E-state index contributed by atoms with van der Waals surface area (Å²) in [6.45, 7) is 4.34. The summed E-state index contributed by atoms with van der Waals surface area (Å²) >= 11 is 0. The molecule has 1 atom stereocenters. The molecular weight excluding hydrogens is 266 g/mol. The van der Waals surface area contributed by atoms with Crippen molar-refractivity contribution in [3.63, 3.8) is 0 Å². The molecule has 3 rings (SSSR count). The predicted molar refractivity (Wildman–Crippen MR) is 80.4 cm³/mol. The number of hydrogen-bond acceptors (Lipinski definition) is 4. The van der Waals surface area contributed by atoms with Crippen LogP contribution >= 0.6 is 0 Å². The van der Waals surface area contributed by atoms with Gasteiger partial charge in [-0.1, -0.05) is 19.4 Å². The van der Waals surface area contributed by atoms with Crippen LogP contribution in [-0.4, -0.2) is 40.5 Å². The Morgan fingerprint density at radius 2 is 2.29 bits per heavy atom. The van der Waals surface area contributed by atoms with Crippen molar-refractivity contribution in [2.45, 2.75) is 32.2 Å². The molecule has 2 aromatic heterocycles. The van der Waals surface area contributed by atoms with Gasteiger partial charge in [0.2, 0.25) is 0 Å². The highest BCUT2D eigenvalue weighted by Gasteiger charge is 2.25. The Labute approximate surface area is 124 Å². The lowest BCUT2D eigenvalue weighted by atomic mass is 10.00. The van der Waals surface area contributed by atoms with E-state index >= 15 is 0 Å². The molecule has 0 bridgehead atoms. The highest BCUT2D eigenvalue weighted by atomic mass is 16.5. The van der Waals surface area contributed by atoms with Crippen molar-refractivity contribution in [3.8, 4) is 0 Å². The van der Waals surface area contributed by atoms with Crippen molar-refractivity contribution in [2.24, 2.45) is 0 Å². The van der Waals surface area contributed by atoms with Gasteiger partial charge in [0.1, 0.15) is 11.3 Å². The molecular formula is C16H21N3O2. The summed E-state index contributed by atoms with van der Waals surface area (Å²) in [4.78, 5) is 19.0. The third-order valence-electron chi connectivity index (χ3n) is 4.27. The lowest BCUT2D eigenvalue weighted by Crippen LogP contribution is -2.33. The normalized spacial score (nSPS) is 19.8. The number of ether oxygens (including phenoxy) is 1. The number of fused-ring (bicyclic) bond motifs is 1. The van der Waals surface area contributed by atoms with Gasteiger partial charge in [-0.2, -0.15) is 0 Å². The van der Waals surface area contributed by atoms with Gasteiger partial charge in [-0.3, -0.25) is 9.30 Å². The average Bonchev–Trinajstić information content (AvgIpc) is 2.97. The Bertz CT molecular complexity index is 650. The molecule has 0 N–H and O–H groups in total. The third-order valence-corrected chi connectivity index (χ3v) is 4.27. The van der Waals surface area contributed by atoms with E-state index in [-0.39, 0.29) is 5.97 Å². The van der Waals surface area contributed by atoms with Gasteiger partial charge in [0.25, 0.3) is 0 Å². The summed E-state index contributed by atoms with van der Waals surface area (Å²) in [6.07, 6.45) is 5.61. The lowest BCUT2D eigenvalue weighted by molar-refractivity contribution is 0.0592. The van der Waals surface area contributed by atoms with Gasteiger partial charge < -0.3 is 4.74 Å². The molecule has 1 aliphatic rings. The summed E-state index contributed by atoms with van der Waals surface area (Å²) in [5, 5.41) is 0. The maximum Gasteiger partial charge on any atom is 0.355 e. The first kappa shape index (κ1) is 14.1. The van der Waals surface area contributed by atoms with E-state index in [4.69, 9.17) is 9.72 Å². The Kier molecular flexibility index (Phi) is 3.92. The van der Waals surface area contributed by atoms with Crippen LogP contribution in [0.15, 0.2) is 24.4 Å². The quantitative estimate of drug-likeness (QED) is 0.814. The average molecular weight is 287 g/mol. The van der Waals surface area contributed by atoms with Crippen molar-refractivity contribution in [1.82, 2.24) is 14.3 Å². The number of carbonyl (C=O) groups excluding carboxylic acids is 1. The number of carbonyl (C=O) groups is 1. The van der Waals surface area contributed by atoms with Crippen LogP contribution in [0, 0.1) is 0 Å². The fraction of sp³-hybridized carbons (Fsp3) is 0.500. The van der Waals surface area contributed by atoms with Crippen LogP contribution < -0.4 is 0 Å². The van der Waals surface area contributed by atoms with E-state index in [2.05, 4.69) is 11.8 Å². The fourth-order valence-corrected chi connectivity index (χ4v) is 3.17. The maximum atomic E-state index is 11.9. The minimum atomic E-state index is -0.333. The van der Waals surface area contributed by atoms with Crippen molar-refractivity contribution in [1.29, 1.82) is 0 Å². The second kappa shape index (κ2) is 5.85. The topological polar surface area (TPSA) is 46.8 Å². The molecule has 0 amide bonds. The van der Waals surface area contributed by atoms with E-state index in [0.717, 1.165) is 30.9 Å². The SMILES string of the molecule is CCN1CCCCC1c1cn2c(C(=O)OC)cccc2n1. The number of likely N-dealkylation sites (tertiary alicyclic amines) is 1. The van der Waals surface area contributed by atoms with Crippen LogP contribution in [0.4, 0.5) is 0 Å². The maximum absolute atomic E-state index is 11.9. The predicted octanol–water partition coefficient (Wildman–Crippen LogP) is 2.67. The van der Waals surface area contributed by atoms with Crippen LogP contribution in [0.25, 0.3) is 5.65 Å². The number of methoxy groups -OCH3 is 1. The largest absolute Gasteiger partial charge is 0.464 e. The van der Waals surface area contributed by atoms with E-state index in [1.165, 1.54) is 20.0 Å². The standard InChI is InChI=1S/C16H21N3O2/c1-3-18-10-5-4-7-13(18)12-11-19-14(16(20)21-2)8-6-9-15(19)17-12/h6,8-9,11,13H,3-5,7,10H2,1-2H3. The molecule has 0 saturated carbocycles. The number of hydrogen-bond donors (Lipinski definition) is 0. The van der Waals surface area contributed by atoms with E-state index in [0.29, 0.717) is 11.7 Å². The Morgan fingerprint density at radius 1 is 1.43 bits per heavy atom. The zero-order chi connectivity index (χ0) is 14.8. The first-order valence-electron chi connectivity index (χ1n) is 7.55. The summed E-state index contributed by atoms with van der Waals surface area (Å²) in [7, 11) is 1.40. The molecule has 21 heavy (non-hydrogen) atoms. The number of piperidine rings is 1. The van der Waals surface area contributed by atoms with Crippen LogP contribution in [0.5, 0.6) is 0 Å². The highest BCUT2D eigenvalue weighted by molar-refractivity contribution is 5.88. The molecule has 0 spiro atoms. The minimum Gasteiger partial charge on any atom is -0.464 e. The summed E-state index contributed by atoms with van der Waals surface area (Å²) in [5.74, 6) is -0.333. The lowest BCUT2D eigenvalue weighted by Gasteiger charge is -2.33. The van der Waals surface area contributed by atoms with Crippen LogP contribution in [0.2, 0.25) is 0 Å². The molecule has 0 aromatic carbocycles. The second-order valence-electron chi connectivity index (χ2n) is 5.44. The first-order chi connectivity index (χ1) is 10.2. The Morgan fingerprint density at radius 3 is 3.05 bits per heavy atom. The minimum absolute atomic E-state index is 0.333. The zero-order valence-corrected chi connectivity index (χ0v) is 12.6. The number of nitrogens with zero attached hydrogens (tertiary/aromatic N) is 3. The van der Waals surface area contributed by atoms with Gasteiger partial charge in [-0.25, -0.2) is 9.78 Å². The van der Waals surface area contributed by atoms with E-state index < -0.39 is 0 Å². The fourth-order valence-electron chi connectivity index (χ4n) is 3.17. The third kappa shape index (κ3) is 2.53. The number of pyridine rings is 1. The summed E-state index contributed by atoms with van der Waals surface area (Å²) in [5.41, 5.74) is 2.37. The molecule has 1 unspecified atom stereocenters. The van der Waals surface area contributed by atoms with E-state index in [1.54, 1.807) is 6.07 Å². The van der Waals surface area contributed by atoms with Gasteiger partial charge in [0, 0.05) is 6.20 Å². The van der Waals surface area contributed by atoms with E-state index in [9.17, 15) is 4.79 Å². The molecule has 2 aromatic rings. The van der Waals surface area contributed by atoms with Crippen molar-refractivity contribution in [2.75, 3.05) is 20.2 Å². The molecule has 1 fully saturated rings. The van der Waals surface area contributed by atoms with Gasteiger partial charge in [-0.15, -0.1) is 0 Å². The van der Waals surface area contributed by atoms with Gasteiger partial charge in [0.05, 0.1) is 18.8 Å². The number of aromatic nitrogens is 2. The van der Waals surface area contributed by atoms with Crippen LogP contribution in [0.1, 0.15) is 48.4 Å². The Balaban J connectivity index is 2.02. The molecule has 5 heteroatoms. The first-order valence-corrected chi connectivity index (χ1v) is 7.55. The number of rotatable bonds is 3. The van der Waals surface area contributed by atoms with Crippen molar-refractivity contribution in [3.05, 3.63) is 35.8 Å². The molecule has 3 heterocycles.